The van der Waals surface area contributed by atoms with Crippen molar-refractivity contribution < 1.29 is 38.1 Å². The summed E-state index contributed by atoms with van der Waals surface area (Å²) in [6.07, 6.45) is 2.20. The average molecular weight is 550 g/mol. The number of amides is 3. The summed E-state index contributed by atoms with van der Waals surface area (Å²) in [6, 6.07) is 0. The molecule has 0 heterocycles. The Morgan fingerprint density at radius 3 is 2.14 bits per heavy atom. The Morgan fingerprint density at radius 2 is 1.57 bits per heavy atom. The van der Waals surface area contributed by atoms with Crippen LogP contribution in [0, 0.1) is 0 Å². The van der Waals surface area contributed by atoms with Crippen molar-refractivity contribution >= 4 is 36.6 Å². The smallest absolute Gasteiger partial charge is 0.251 e. The molecule has 0 rings (SSSR count). The van der Waals surface area contributed by atoms with Gasteiger partial charge in [0.2, 0.25) is 11.8 Å². The molecular weight excluding hydrogens is 502 g/mol. The van der Waals surface area contributed by atoms with Gasteiger partial charge in [-0.25, -0.2) is 0 Å². The number of thiol groups is 1. The predicted octanol–water partition coefficient (Wildman–Crippen LogP) is 0.988. The molecule has 0 aromatic heterocycles. The molecule has 0 spiro atoms. The van der Waals surface area contributed by atoms with Gasteiger partial charge >= 0.3 is 0 Å². The van der Waals surface area contributed by atoms with E-state index in [-0.39, 0.29) is 36.2 Å². The van der Waals surface area contributed by atoms with Crippen molar-refractivity contribution in [1.29, 1.82) is 0 Å². The topological polar surface area (TPSA) is 132 Å². The van der Waals surface area contributed by atoms with E-state index in [9.17, 15) is 19.2 Å². The zero-order valence-corrected chi connectivity index (χ0v) is 24.2. The Balaban J connectivity index is 3.73. The van der Waals surface area contributed by atoms with Gasteiger partial charge in [-0.2, -0.15) is 12.6 Å². The predicted molar refractivity (Wildman–Crippen MR) is 144 cm³/mol. The van der Waals surface area contributed by atoms with Crippen LogP contribution in [0.2, 0.25) is 0 Å². The normalized spacial score (nSPS) is 12.6. The third kappa shape index (κ3) is 17.4. The first-order valence-electron chi connectivity index (χ1n) is 12.6. The first-order valence-corrected chi connectivity index (χ1v) is 13.1. The minimum absolute atomic E-state index is 0.0665. The quantitative estimate of drug-likeness (QED) is 0.103. The third-order valence-corrected chi connectivity index (χ3v) is 6.05. The number of hydrogen-bond donors (Lipinski definition) is 3. The van der Waals surface area contributed by atoms with Crippen LogP contribution in [-0.4, -0.2) is 112 Å². The second-order valence-corrected chi connectivity index (χ2v) is 10.3. The van der Waals surface area contributed by atoms with Gasteiger partial charge in [-0.1, -0.05) is 0 Å². The number of nitrogens with one attached hydrogen (secondary N) is 2. The maximum Gasteiger partial charge on any atom is 0.251 e. The van der Waals surface area contributed by atoms with Gasteiger partial charge in [0.25, 0.3) is 5.91 Å². The summed E-state index contributed by atoms with van der Waals surface area (Å²) in [5, 5.41) is 4.91. The fourth-order valence-corrected chi connectivity index (χ4v) is 3.16. The summed E-state index contributed by atoms with van der Waals surface area (Å²) >= 11 is 4.09. The van der Waals surface area contributed by atoms with Crippen molar-refractivity contribution in [2.45, 2.75) is 69.8 Å². The number of carbonyl (C=O) groups excluding carboxylic acids is 4. The van der Waals surface area contributed by atoms with Gasteiger partial charge in [-0.15, -0.1) is 0 Å². The molecule has 0 saturated heterocycles. The number of hydrogen-bond acceptors (Lipinski definition) is 9. The molecule has 37 heavy (non-hydrogen) atoms. The first kappa shape index (κ1) is 35.3. The summed E-state index contributed by atoms with van der Waals surface area (Å²) in [6.45, 7) is 10.4. The van der Waals surface area contributed by atoms with Crippen LogP contribution in [0.15, 0.2) is 0 Å². The second-order valence-electron chi connectivity index (χ2n) is 9.68. The highest BCUT2D eigenvalue weighted by Gasteiger charge is 2.29. The molecule has 12 heteroatoms. The van der Waals surface area contributed by atoms with Crippen molar-refractivity contribution in [3.8, 4) is 0 Å². The van der Waals surface area contributed by atoms with Crippen LogP contribution < -0.4 is 10.6 Å². The molecule has 0 aliphatic heterocycles. The molecule has 0 aliphatic rings. The van der Waals surface area contributed by atoms with Gasteiger partial charge in [0.1, 0.15) is 11.9 Å². The van der Waals surface area contributed by atoms with Crippen molar-refractivity contribution in [3.63, 3.8) is 0 Å². The molecule has 0 saturated carbocycles. The highest BCUT2D eigenvalue weighted by atomic mass is 32.1. The van der Waals surface area contributed by atoms with Gasteiger partial charge in [-0.3, -0.25) is 14.4 Å². The number of ether oxygens (including phenoxy) is 4. The zero-order valence-electron chi connectivity index (χ0n) is 23.3. The molecule has 2 N–H and O–H groups in total. The maximum atomic E-state index is 12.3. The summed E-state index contributed by atoms with van der Waals surface area (Å²) in [4.78, 5) is 48.1. The third-order valence-electron chi connectivity index (χ3n) is 5.62. The van der Waals surface area contributed by atoms with Crippen LogP contribution in [0.4, 0.5) is 0 Å². The van der Waals surface area contributed by atoms with E-state index in [0.717, 1.165) is 0 Å². The molecule has 0 aromatic rings. The summed E-state index contributed by atoms with van der Waals surface area (Å²) in [5.41, 5.74) is -1.25. The fourth-order valence-electron chi connectivity index (χ4n) is 2.88. The number of nitrogens with zero attached hydrogens (tertiary/aromatic N) is 1. The average Bonchev–Trinajstić information content (AvgIpc) is 2.84. The number of aldehydes is 1. The van der Waals surface area contributed by atoms with E-state index in [1.54, 1.807) is 28.0 Å². The molecule has 1 unspecified atom stereocenters. The Bertz CT molecular complexity index is 691. The van der Waals surface area contributed by atoms with Crippen molar-refractivity contribution in [1.82, 2.24) is 15.5 Å². The van der Waals surface area contributed by atoms with E-state index < -0.39 is 10.9 Å². The molecule has 3 amide bonds. The van der Waals surface area contributed by atoms with E-state index in [4.69, 9.17) is 18.9 Å². The van der Waals surface area contributed by atoms with E-state index >= 15 is 0 Å². The van der Waals surface area contributed by atoms with Gasteiger partial charge in [0.15, 0.2) is 0 Å². The molecule has 216 valence electrons. The lowest BCUT2D eigenvalue weighted by atomic mass is 10.1. The highest BCUT2D eigenvalue weighted by Crippen LogP contribution is 2.16. The van der Waals surface area contributed by atoms with Crippen molar-refractivity contribution in [2.24, 2.45) is 0 Å². The Hall–Kier alpha value is -1.73. The van der Waals surface area contributed by atoms with Crippen LogP contribution in [0.5, 0.6) is 0 Å². The van der Waals surface area contributed by atoms with E-state index in [2.05, 4.69) is 23.3 Å². The molecule has 0 aliphatic carbocycles. The van der Waals surface area contributed by atoms with Crippen molar-refractivity contribution in [2.75, 3.05) is 66.8 Å². The monoisotopic (exact) mass is 549 g/mol. The zero-order chi connectivity index (χ0) is 28.3. The number of rotatable bonds is 22. The minimum Gasteiger partial charge on any atom is -0.379 e. The van der Waals surface area contributed by atoms with Gasteiger partial charge in [0, 0.05) is 46.6 Å². The van der Waals surface area contributed by atoms with E-state index in [0.29, 0.717) is 71.8 Å². The van der Waals surface area contributed by atoms with Crippen molar-refractivity contribution in [3.05, 3.63) is 0 Å². The SMILES string of the molecule is COC(C)(C)CCOC(C)(C)C(=O)NCCOCCOCCNC(=O)CCCN(C)C(=O)C(S)CC=O. The van der Waals surface area contributed by atoms with Crippen LogP contribution in [0.1, 0.15) is 53.4 Å². The fraction of sp³-hybridized carbons (Fsp3) is 0.840. The Labute approximate surface area is 227 Å². The lowest BCUT2D eigenvalue weighted by Crippen LogP contribution is -2.46. The van der Waals surface area contributed by atoms with Gasteiger partial charge in [0.05, 0.1) is 43.9 Å². The van der Waals surface area contributed by atoms with Crippen LogP contribution >= 0.6 is 12.6 Å². The molecule has 1 atom stereocenters. The van der Waals surface area contributed by atoms with Gasteiger partial charge < -0.3 is 39.3 Å². The molecule has 0 fully saturated rings. The van der Waals surface area contributed by atoms with Crippen LogP contribution in [-0.2, 0) is 38.1 Å². The molecule has 0 bridgehead atoms. The maximum absolute atomic E-state index is 12.3. The minimum atomic E-state index is -0.947. The lowest BCUT2D eigenvalue weighted by Gasteiger charge is -2.28. The van der Waals surface area contributed by atoms with Crippen LogP contribution in [0.3, 0.4) is 0 Å². The van der Waals surface area contributed by atoms with E-state index in [1.165, 1.54) is 4.90 Å². The Morgan fingerprint density at radius 1 is 0.973 bits per heavy atom. The van der Waals surface area contributed by atoms with Gasteiger partial charge in [-0.05, 0) is 40.5 Å². The summed E-state index contributed by atoms with van der Waals surface area (Å²) in [7, 11) is 3.27. The Kier molecular flexibility index (Phi) is 18.5. The van der Waals surface area contributed by atoms with Crippen LogP contribution in [0.25, 0.3) is 0 Å². The first-order chi connectivity index (χ1) is 17.4. The highest BCUT2D eigenvalue weighted by molar-refractivity contribution is 7.81. The molecule has 11 nitrogen and oxygen atoms in total. The number of carbonyl (C=O) groups is 4. The molecule has 0 aromatic carbocycles. The molecular formula is C25H47N3O8S. The standard InChI is InChI=1S/C25H47N3O8S/c1-24(2,33-6)10-15-36-25(3,4)23(32)27-12-17-35-19-18-34-16-11-26-21(30)8-7-13-28(5)22(31)20(37)9-14-29/h14,20,37H,7-13,15-19H2,1-6H3,(H,26,30)(H,27,32). The summed E-state index contributed by atoms with van der Waals surface area (Å²) < 4.78 is 21.9. The second kappa shape index (κ2) is 19.4. The lowest BCUT2D eigenvalue weighted by molar-refractivity contribution is -0.145. The summed E-state index contributed by atoms with van der Waals surface area (Å²) in [5.74, 6) is -0.564. The number of methoxy groups -OCH3 is 1. The molecule has 0 radical (unpaired) electrons. The van der Waals surface area contributed by atoms with E-state index in [1.807, 2.05) is 13.8 Å². The largest absolute Gasteiger partial charge is 0.379 e.